The lowest BCUT2D eigenvalue weighted by Crippen LogP contribution is -1.87. The zero-order chi connectivity index (χ0) is 9.52. The molecule has 1 nitrogen and oxygen atoms in total. The van der Waals surface area contributed by atoms with Gasteiger partial charge >= 0.3 is 0 Å². The molecule has 0 aliphatic rings. The molecule has 0 saturated carbocycles. The molecule has 0 radical (unpaired) electrons. The Morgan fingerprint density at radius 2 is 2.08 bits per heavy atom. The van der Waals surface area contributed by atoms with Crippen LogP contribution in [-0.4, -0.2) is 5.12 Å². The largest absolute Gasteiger partial charge is 0.286 e. The molecule has 1 aromatic carbocycles. The summed E-state index contributed by atoms with van der Waals surface area (Å²) in [5.41, 5.74) is 0. The third-order valence-corrected chi connectivity index (χ3v) is 2.40. The summed E-state index contributed by atoms with van der Waals surface area (Å²) in [4.78, 5) is 12.3. The summed E-state index contributed by atoms with van der Waals surface area (Å²) in [7, 11) is 0. The lowest BCUT2D eigenvalue weighted by molar-refractivity contribution is -0.110. The number of benzene rings is 1. The van der Waals surface area contributed by atoms with E-state index in [0.717, 1.165) is 4.90 Å². The van der Waals surface area contributed by atoms with Crippen LogP contribution >= 0.6 is 11.8 Å². The van der Waals surface area contributed by atoms with Gasteiger partial charge in [0.1, 0.15) is 0 Å². The molecule has 68 valence electrons. The van der Waals surface area contributed by atoms with Gasteiger partial charge in [-0.2, -0.15) is 0 Å². The highest BCUT2D eigenvalue weighted by molar-refractivity contribution is 8.13. The second-order valence-corrected chi connectivity index (χ2v) is 3.69. The Labute approximate surface area is 82.9 Å². The van der Waals surface area contributed by atoms with Gasteiger partial charge in [0.15, 0.2) is 5.12 Å². The van der Waals surface area contributed by atoms with Gasteiger partial charge in [-0.05, 0) is 19.1 Å². The number of thioether (sulfide) groups is 1. The van der Waals surface area contributed by atoms with Gasteiger partial charge in [0.2, 0.25) is 0 Å². The lowest BCUT2D eigenvalue weighted by atomic mass is 10.4. The van der Waals surface area contributed by atoms with E-state index >= 15 is 0 Å². The molecule has 0 aliphatic heterocycles. The van der Waals surface area contributed by atoms with Crippen molar-refractivity contribution in [3.05, 3.63) is 42.5 Å². The summed E-state index contributed by atoms with van der Waals surface area (Å²) >= 11 is 1.29. The fourth-order valence-corrected chi connectivity index (χ4v) is 1.61. The second-order valence-electron chi connectivity index (χ2n) is 2.56. The van der Waals surface area contributed by atoms with Gasteiger partial charge in [0, 0.05) is 11.3 Å². The van der Waals surface area contributed by atoms with Crippen molar-refractivity contribution < 1.29 is 4.79 Å². The Morgan fingerprint density at radius 3 is 2.69 bits per heavy atom. The second kappa shape index (κ2) is 5.60. The van der Waals surface area contributed by atoms with Crippen molar-refractivity contribution in [2.24, 2.45) is 0 Å². The Morgan fingerprint density at radius 1 is 1.38 bits per heavy atom. The molecule has 0 unspecified atom stereocenters. The summed E-state index contributed by atoms with van der Waals surface area (Å²) in [6.45, 7) is 1.92. The number of allylic oxidation sites excluding steroid dienone is 2. The Kier molecular flexibility index (Phi) is 4.33. The standard InChI is InChI=1S/C11H12OS/c1-2-3-9-11(12)13-10-7-5-4-6-8-10/h2-8H,9H2,1H3/b3-2+. The average Bonchev–Trinajstić information content (AvgIpc) is 2.16. The molecule has 0 N–H and O–H groups in total. The van der Waals surface area contributed by atoms with Crippen LogP contribution in [0.5, 0.6) is 0 Å². The van der Waals surface area contributed by atoms with Gasteiger partial charge in [-0.3, -0.25) is 4.79 Å². The maximum Gasteiger partial charge on any atom is 0.197 e. The maximum atomic E-state index is 11.3. The average molecular weight is 192 g/mol. The molecule has 0 aromatic heterocycles. The van der Waals surface area contributed by atoms with Crippen LogP contribution in [0.3, 0.4) is 0 Å². The van der Waals surface area contributed by atoms with E-state index in [1.165, 1.54) is 11.8 Å². The normalized spacial score (nSPS) is 10.5. The van der Waals surface area contributed by atoms with Crippen LogP contribution in [0.15, 0.2) is 47.4 Å². The minimum atomic E-state index is 0.185. The van der Waals surface area contributed by atoms with Crippen molar-refractivity contribution in [3.63, 3.8) is 0 Å². The zero-order valence-corrected chi connectivity index (χ0v) is 8.38. The summed E-state index contributed by atoms with van der Waals surface area (Å²) in [5, 5.41) is 0.185. The number of carbonyl (C=O) groups excluding carboxylic acids is 1. The third kappa shape index (κ3) is 3.95. The van der Waals surface area contributed by atoms with Gasteiger partial charge < -0.3 is 0 Å². The third-order valence-electron chi connectivity index (χ3n) is 1.50. The summed E-state index contributed by atoms with van der Waals surface area (Å²) in [6, 6.07) is 9.70. The van der Waals surface area contributed by atoms with Gasteiger partial charge in [-0.15, -0.1) is 0 Å². The van der Waals surface area contributed by atoms with Crippen LogP contribution in [0, 0.1) is 0 Å². The lowest BCUT2D eigenvalue weighted by Gasteiger charge is -1.96. The fraction of sp³-hybridized carbons (Fsp3) is 0.182. The van der Waals surface area contributed by atoms with Crippen LogP contribution < -0.4 is 0 Å². The van der Waals surface area contributed by atoms with Gasteiger partial charge in [0.05, 0.1) is 0 Å². The zero-order valence-electron chi connectivity index (χ0n) is 7.57. The minimum Gasteiger partial charge on any atom is -0.286 e. The van der Waals surface area contributed by atoms with E-state index in [0.29, 0.717) is 6.42 Å². The van der Waals surface area contributed by atoms with Gasteiger partial charge in [0.25, 0.3) is 0 Å². The van der Waals surface area contributed by atoms with Crippen molar-refractivity contribution >= 4 is 16.9 Å². The van der Waals surface area contributed by atoms with Crippen molar-refractivity contribution in [2.75, 3.05) is 0 Å². The Balaban J connectivity index is 2.46. The molecule has 0 bridgehead atoms. The number of hydrogen-bond acceptors (Lipinski definition) is 2. The minimum absolute atomic E-state index is 0.185. The highest BCUT2D eigenvalue weighted by Gasteiger charge is 2.00. The van der Waals surface area contributed by atoms with E-state index in [1.807, 2.05) is 49.4 Å². The molecule has 1 rings (SSSR count). The SMILES string of the molecule is C/C=C/CC(=O)Sc1ccccc1. The van der Waals surface area contributed by atoms with Crippen molar-refractivity contribution in [1.82, 2.24) is 0 Å². The predicted molar refractivity (Wildman–Crippen MR) is 56.7 cm³/mol. The molecule has 13 heavy (non-hydrogen) atoms. The topological polar surface area (TPSA) is 17.1 Å². The van der Waals surface area contributed by atoms with Crippen LogP contribution in [0.4, 0.5) is 0 Å². The van der Waals surface area contributed by atoms with Gasteiger partial charge in [-0.1, -0.05) is 42.1 Å². The molecule has 0 saturated heterocycles. The fourth-order valence-electron chi connectivity index (χ4n) is 0.876. The van der Waals surface area contributed by atoms with Crippen molar-refractivity contribution in [3.8, 4) is 0 Å². The molecule has 0 aliphatic carbocycles. The Bertz CT molecular complexity index is 290. The van der Waals surface area contributed by atoms with E-state index in [9.17, 15) is 4.79 Å². The quantitative estimate of drug-likeness (QED) is 0.540. The van der Waals surface area contributed by atoms with Crippen LogP contribution in [-0.2, 0) is 4.79 Å². The first-order chi connectivity index (χ1) is 6.33. The number of rotatable bonds is 3. The first-order valence-electron chi connectivity index (χ1n) is 4.20. The van der Waals surface area contributed by atoms with Crippen LogP contribution in [0.25, 0.3) is 0 Å². The number of carbonyl (C=O) groups is 1. The van der Waals surface area contributed by atoms with Crippen LogP contribution in [0.2, 0.25) is 0 Å². The molecule has 0 heterocycles. The molecule has 2 heteroatoms. The van der Waals surface area contributed by atoms with Crippen LogP contribution in [0.1, 0.15) is 13.3 Å². The highest BCUT2D eigenvalue weighted by Crippen LogP contribution is 2.19. The molecule has 1 aromatic rings. The van der Waals surface area contributed by atoms with E-state index in [1.54, 1.807) is 0 Å². The highest BCUT2D eigenvalue weighted by atomic mass is 32.2. The van der Waals surface area contributed by atoms with Crippen molar-refractivity contribution in [2.45, 2.75) is 18.2 Å². The molecular weight excluding hydrogens is 180 g/mol. The Hall–Kier alpha value is -1.02. The molecular formula is C11H12OS. The number of hydrogen-bond donors (Lipinski definition) is 0. The van der Waals surface area contributed by atoms with Crippen molar-refractivity contribution in [1.29, 1.82) is 0 Å². The molecule has 0 fully saturated rings. The van der Waals surface area contributed by atoms with E-state index in [-0.39, 0.29) is 5.12 Å². The predicted octanol–water partition coefficient (Wildman–Crippen LogP) is 3.27. The van der Waals surface area contributed by atoms with E-state index in [4.69, 9.17) is 0 Å². The first-order valence-corrected chi connectivity index (χ1v) is 5.01. The smallest absolute Gasteiger partial charge is 0.197 e. The first kappa shape index (κ1) is 10.1. The molecule has 0 spiro atoms. The van der Waals surface area contributed by atoms with Gasteiger partial charge in [-0.25, -0.2) is 0 Å². The summed E-state index contributed by atoms with van der Waals surface area (Å²) in [6.07, 6.45) is 4.28. The van der Waals surface area contributed by atoms with E-state index < -0.39 is 0 Å². The molecule has 0 atom stereocenters. The summed E-state index contributed by atoms with van der Waals surface area (Å²) < 4.78 is 0. The summed E-state index contributed by atoms with van der Waals surface area (Å²) in [5.74, 6) is 0. The maximum absolute atomic E-state index is 11.3. The monoisotopic (exact) mass is 192 g/mol. The van der Waals surface area contributed by atoms with E-state index in [2.05, 4.69) is 0 Å². The molecule has 0 amide bonds.